The number of nitrogens with zero attached hydrogens (tertiary/aromatic N) is 2. The average molecular weight is 322 g/mol. The molecule has 1 atom stereocenters. The monoisotopic (exact) mass is 322 g/mol. The Balaban J connectivity index is 1.83. The van der Waals surface area contributed by atoms with Crippen LogP contribution in [-0.2, 0) is 4.74 Å². The summed E-state index contributed by atoms with van der Waals surface area (Å²) in [5.41, 5.74) is 0.635. The van der Waals surface area contributed by atoms with Crippen LogP contribution in [0.3, 0.4) is 0 Å². The second kappa shape index (κ2) is 8.69. The highest BCUT2D eigenvalue weighted by atomic mass is 16.5. The SMILES string of the molecule is COc1ccc(NC(=O)NCC(C(C)C)N2CCOCC2)cn1. The van der Waals surface area contributed by atoms with Gasteiger partial charge in [-0.1, -0.05) is 13.8 Å². The Kier molecular flexibility index (Phi) is 6.61. The molecule has 1 saturated heterocycles. The maximum absolute atomic E-state index is 12.1. The van der Waals surface area contributed by atoms with Crippen molar-refractivity contribution in [1.29, 1.82) is 0 Å². The summed E-state index contributed by atoms with van der Waals surface area (Å²) in [6.07, 6.45) is 1.57. The number of ether oxygens (including phenoxy) is 2. The topological polar surface area (TPSA) is 75.7 Å². The van der Waals surface area contributed by atoms with Gasteiger partial charge in [0.15, 0.2) is 0 Å². The van der Waals surface area contributed by atoms with Gasteiger partial charge in [0, 0.05) is 31.7 Å². The second-order valence-corrected chi connectivity index (χ2v) is 5.88. The van der Waals surface area contributed by atoms with E-state index in [0.717, 1.165) is 26.3 Å². The van der Waals surface area contributed by atoms with Gasteiger partial charge in [-0.05, 0) is 12.0 Å². The van der Waals surface area contributed by atoms with E-state index in [1.165, 1.54) is 0 Å². The first-order valence-electron chi connectivity index (χ1n) is 7.97. The standard InChI is InChI=1S/C16H26N4O3/c1-12(2)14(20-6-8-23-9-7-20)11-18-16(21)19-13-4-5-15(22-3)17-10-13/h4-5,10,12,14H,6-9,11H2,1-3H3,(H2,18,19,21). The molecule has 2 rings (SSSR count). The third-order valence-electron chi connectivity index (χ3n) is 3.96. The molecule has 0 aromatic carbocycles. The molecule has 2 N–H and O–H groups in total. The molecule has 128 valence electrons. The molecule has 0 bridgehead atoms. The minimum atomic E-state index is -0.226. The largest absolute Gasteiger partial charge is 0.481 e. The minimum Gasteiger partial charge on any atom is -0.481 e. The van der Waals surface area contributed by atoms with Crippen molar-refractivity contribution in [2.24, 2.45) is 5.92 Å². The Morgan fingerprint density at radius 2 is 2.13 bits per heavy atom. The Morgan fingerprint density at radius 1 is 1.39 bits per heavy atom. The lowest BCUT2D eigenvalue weighted by atomic mass is 10.0. The molecule has 2 heterocycles. The van der Waals surface area contributed by atoms with Crippen molar-refractivity contribution in [3.63, 3.8) is 0 Å². The molecule has 1 aliphatic heterocycles. The number of urea groups is 1. The van der Waals surface area contributed by atoms with Gasteiger partial charge in [-0.3, -0.25) is 4.90 Å². The van der Waals surface area contributed by atoms with E-state index in [4.69, 9.17) is 9.47 Å². The predicted molar refractivity (Wildman–Crippen MR) is 88.8 cm³/mol. The van der Waals surface area contributed by atoms with Gasteiger partial charge in [0.1, 0.15) is 0 Å². The van der Waals surface area contributed by atoms with Crippen molar-refractivity contribution in [3.05, 3.63) is 18.3 Å². The fourth-order valence-corrected chi connectivity index (χ4v) is 2.64. The summed E-state index contributed by atoms with van der Waals surface area (Å²) < 4.78 is 10.4. The van der Waals surface area contributed by atoms with E-state index in [-0.39, 0.29) is 6.03 Å². The third-order valence-corrected chi connectivity index (χ3v) is 3.96. The summed E-state index contributed by atoms with van der Waals surface area (Å²) in [5.74, 6) is 0.971. The molecule has 1 aromatic heterocycles. The molecule has 1 unspecified atom stereocenters. The van der Waals surface area contributed by atoms with Crippen molar-refractivity contribution in [1.82, 2.24) is 15.2 Å². The Hall–Kier alpha value is -1.86. The number of nitrogens with one attached hydrogen (secondary N) is 2. The number of pyridine rings is 1. The Bertz CT molecular complexity index is 487. The first-order chi connectivity index (χ1) is 11.1. The molecule has 1 aromatic rings. The summed E-state index contributed by atoms with van der Waals surface area (Å²) in [4.78, 5) is 18.5. The van der Waals surface area contributed by atoms with Crippen molar-refractivity contribution in [3.8, 4) is 5.88 Å². The number of methoxy groups -OCH3 is 1. The number of hydrogen-bond acceptors (Lipinski definition) is 5. The van der Waals surface area contributed by atoms with Crippen molar-refractivity contribution in [2.45, 2.75) is 19.9 Å². The molecular formula is C16H26N4O3. The van der Waals surface area contributed by atoms with Crippen molar-refractivity contribution < 1.29 is 14.3 Å². The molecular weight excluding hydrogens is 296 g/mol. The van der Waals surface area contributed by atoms with Crippen molar-refractivity contribution in [2.75, 3.05) is 45.3 Å². The van der Waals surface area contributed by atoms with Gasteiger partial charge in [0.2, 0.25) is 5.88 Å². The van der Waals surface area contributed by atoms with E-state index in [1.54, 1.807) is 25.4 Å². The average Bonchev–Trinajstić information content (AvgIpc) is 2.56. The number of hydrogen-bond donors (Lipinski definition) is 2. The molecule has 0 aliphatic carbocycles. The molecule has 0 radical (unpaired) electrons. The fraction of sp³-hybridized carbons (Fsp3) is 0.625. The first kappa shape index (κ1) is 17.5. The molecule has 7 nitrogen and oxygen atoms in total. The van der Waals surface area contributed by atoms with Gasteiger partial charge in [0.25, 0.3) is 0 Å². The van der Waals surface area contributed by atoms with Crippen LogP contribution in [-0.4, -0.2) is 61.9 Å². The number of amides is 2. The van der Waals surface area contributed by atoms with Crippen LogP contribution in [0.25, 0.3) is 0 Å². The van der Waals surface area contributed by atoms with E-state index >= 15 is 0 Å². The van der Waals surface area contributed by atoms with Crippen LogP contribution in [0.15, 0.2) is 18.3 Å². The molecule has 2 amide bonds. The van der Waals surface area contributed by atoms with Crippen LogP contribution < -0.4 is 15.4 Å². The Morgan fingerprint density at radius 3 is 2.70 bits per heavy atom. The highest BCUT2D eigenvalue weighted by Crippen LogP contribution is 2.13. The first-order valence-corrected chi connectivity index (χ1v) is 7.97. The smallest absolute Gasteiger partial charge is 0.319 e. The summed E-state index contributed by atoms with van der Waals surface area (Å²) >= 11 is 0. The number of carbonyl (C=O) groups excluding carboxylic acids is 1. The van der Waals surface area contributed by atoms with Crippen LogP contribution in [0.2, 0.25) is 0 Å². The zero-order chi connectivity index (χ0) is 16.7. The highest BCUT2D eigenvalue weighted by Gasteiger charge is 2.24. The second-order valence-electron chi connectivity index (χ2n) is 5.88. The quantitative estimate of drug-likeness (QED) is 0.831. The van der Waals surface area contributed by atoms with Crippen LogP contribution in [0.4, 0.5) is 10.5 Å². The summed E-state index contributed by atoms with van der Waals surface area (Å²) in [6, 6.07) is 3.54. The number of morpholine rings is 1. The zero-order valence-electron chi connectivity index (χ0n) is 14.0. The van der Waals surface area contributed by atoms with Crippen LogP contribution in [0, 0.1) is 5.92 Å². The molecule has 23 heavy (non-hydrogen) atoms. The lowest BCUT2D eigenvalue weighted by Gasteiger charge is -2.36. The van der Waals surface area contributed by atoms with Gasteiger partial charge < -0.3 is 20.1 Å². The lowest BCUT2D eigenvalue weighted by Crippen LogP contribution is -2.51. The number of rotatable bonds is 6. The molecule has 0 spiro atoms. The van der Waals surface area contributed by atoms with Gasteiger partial charge >= 0.3 is 6.03 Å². The van der Waals surface area contributed by atoms with Crippen LogP contribution in [0.5, 0.6) is 5.88 Å². The zero-order valence-corrected chi connectivity index (χ0v) is 14.0. The molecule has 1 fully saturated rings. The van der Waals surface area contributed by atoms with E-state index in [0.29, 0.717) is 30.1 Å². The normalized spacial score (nSPS) is 16.9. The maximum atomic E-state index is 12.1. The molecule has 0 saturated carbocycles. The third kappa shape index (κ3) is 5.37. The molecule has 1 aliphatic rings. The van der Waals surface area contributed by atoms with E-state index in [1.807, 2.05) is 0 Å². The lowest BCUT2D eigenvalue weighted by molar-refractivity contribution is 0.00728. The Labute approximate surface area is 137 Å². The van der Waals surface area contributed by atoms with Crippen LogP contribution >= 0.6 is 0 Å². The number of carbonyl (C=O) groups is 1. The molecule has 7 heteroatoms. The summed E-state index contributed by atoms with van der Waals surface area (Å²) in [7, 11) is 1.56. The fourth-order valence-electron chi connectivity index (χ4n) is 2.64. The van der Waals surface area contributed by atoms with E-state index in [2.05, 4.69) is 34.4 Å². The summed E-state index contributed by atoms with van der Waals surface area (Å²) in [6.45, 7) is 8.29. The van der Waals surface area contributed by atoms with E-state index < -0.39 is 0 Å². The van der Waals surface area contributed by atoms with Crippen molar-refractivity contribution >= 4 is 11.7 Å². The van der Waals surface area contributed by atoms with Gasteiger partial charge in [-0.25, -0.2) is 9.78 Å². The number of aromatic nitrogens is 1. The van der Waals surface area contributed by atoms with Gasteiger partial charge in [0.05, 0.1) is 32.2 Å². The van der Waals surface area contributed by atoms with Crippen LogP contribution in [0.1, 0.15) is 13.8 Å². The highest BCUT2D eigenvalue weighted by molar-refractivity contribution is 5.89. The minimum absolute atomic E-state index is 0.226. The van der Waals surface area contributed by atoms with E-state index in [9.17, 15) is 4.79 Å². The van der Waals surface area contributed by atoms with Gasteiger partial charge in [-0.15, -0.1) is 0 Å². The predicted octanol–water partition coefficient (Wildman–Crippen LogP) is 1.57. The maximum Gasteiger partial charge on any atom is 0.319 e. The van der Waals surface area contributed by atoms with Gasteiger partial charge in [-0.2, -0.15) is 0 Å². The number of anilines is 1. The summed E-state index contributed by atoms with van der Waals surface area (Å²) in [5, 5.41) is 5.73.